The van der Waals surface area contributed by atoms with E-state index in [0.29, 0.717) is 0 Å². The molecule has 1 amide bonds. The maximum Gasteiger partial charge on any atom is 0.253 e. The first-order chi connectivity index (χ1) is 9.78. The first kappa shape index (κ1) is 13.7. The Morgan fingerprint density at radius 3 is 2.65 bits per heavy atom. The summed E-state index contributed by atoms with van der Waals surface area (Å²) < 4.78 is 0. The van der Waals surface area contributed by atoms with Crippen molar-refractivity contribution in [1.82, 2.24) is 4.90 Å². The molecule has 0 saturated heterocycles. The molecule has 1 saturated carbocycles. The molecule has 0 aliphatic heterocycles. The lowest BCUT2D eigenvalue weighted by molar-refractivity contribution is 0.0747. The van der Waals surface area contributed by atoms with E-state index < -0.39 is 0 Å². The minimum atomic E-state index is 0.243. The van der Waals surface area contributed by atoms with Crippen molar-refractivity contribution in [3.8, 4) is 0 Å². The molecular weight excluding hydrogens is 246 g/mol. The molecule has 1 fully saturated rings. The molecule has 3 rings (SSSR count). The van der Waals surface area contributed by atoms with E-state index in [0.717, 1.165) is 37.4 Å². The lowest BCUT2D eigenvalue weighted by Gasteiger charge is -2.23. The van der Waals surface area contributed by atoms with E-state index in [1.165, 1.54) is 43.2 Å². The number of rotatable bonds is 5. The molecule has 1 aromatic rings. The number of benzene rings is 1. The fourth-order valence-corrected chi connectivity index (χ4v) is 3.21. The van der Waals surface area contributed by atoms with Crippen molar-refractivity contribution >= 4 is 5.91 Å². The number of hydrogen-bond donors (Lipinski definition) is 0. The third kappa shape index (κ3) is 3.05. The number of fused-ring (bicyclic) bond motifs is 1. The van der Waals surface area contributed by atoms with Crippen LogP contribution in [0.2, 0.25) is 0 Å². The first-order valence-electron chi connectivity index (χ1n) is 8.19. The second-order valence-electron chi connectivity index (χ2n) is 6.39. The standard InChI is InChI=1S/C18H25NO/c1-2-11-19(13-14-7-8-14)18(20)17-10-9-15-5-3-4-6-16(15)12-17/h9-10,12,14H,2-8,11,13H2,1H3. The van der Waals surface area contributed by atoms with E-state index in [2.05, 4.69) is 24.0 Å². The molecule has 2 aliphatic carbocycles. The summed E-state index contributed by atoms with van der Waals surface area (Å²) in [5.74, 6) is 1.01. The van der Waals surface area contributed by atoms with Gasteiger partial charge < -0.3 is 4.90 Å². The number of hydrogen-bond acceptors (Lipinski definition) is 1. The van der Waals surface area contributed by atoms with Crippen LogP contribution in [-0.4, -0.2) is 23.9 Å². The fraction of sp³-hybridized carbons (Fsp3) is 0.611. The second kappa shape index (κ2) is 5.99. The first-order valence-corrected chi connectivity index (χ1v) is 8.19. The van der Waals surface area contributed by atoms with Crippen molar-refractivity contribution in [2.24, 2.45) is 5.92 Å². The molecule has 0 bridgehead atoms. The van der Waals surface area contributed by atoms with Gasteiger partial charge in [-0.2, -0.15) is 0 Å². The van der Waals surface area contributed by atoms with Crippen molar-refractivity contribution < 1.29 is 4.79 Å². The Morgan fingerprint density at radius 1 is 1.20 bits per heavy atom. The molecule has 20 heavy (non-hydrogen) atoms. The monoisotopic (exact) mass is 271 g/mol. The lowest BCUT2D eigenvalue weighted by Crippen LogP contribution is -2.33. The molecule has 2 aliphatic rings. The number of aryl methyl sites for hydroxylation is 2. The van der Waals surface area contributed by atoms with Crippen LogP contribution in [0.3, 0.4) is 0 Å². The predicted molar refractivity (Wildman–Crippen MR) is 82.0 cm³/mol. The van der Waals surface area contributed by atoms with Gasteiger partial charge in [0.05, 0.1) is 0 Å². The summed E-state index contributed by atoms with van der Waals surface area (Å²) in [5, 5.41) is 0. The van der Waals surface area contributed by atoms with E-state index in [9.17, 15) is 4.79 Å². The smallest absolute Gasteiger partial charge is 0.253 e. The van der Waals surface area contributed by atoms with Gasteiger partial charge in [-0.3, -0.25) is 4.79 Å². The maximum atomic E-state index is 12.7. The summed E-state index contributed by atoms with van der Waals surface area (Å²) in [4.78, 5) is 14.8. The van der Waals surface area contributed by atoms with Gasteiger partial charge in [0.25, 0.3) is 5.91 Å². The Morgan fingerprint density at radius 2 is 1.95 bits per heavy atom. The third-order valence-corrected chi connectivity index (χ3v) is 4.55. The Balaban J connectivity index is 1.76. The Bertz CT molecular complexity index is 490. The van der Waals surface area contributed by atoms with E-state index in [-0.39, 0.29) is 5.91 Å². The molecule has 0 radical (unpaired) electrons. The van der Waals surface area contributed by atoms with Gasteiger partial charge in [-0.05, 0) is 74.1 Å². The van der Waals surface area contributed by atoms with Crippen molar-refractivity contribution in [3.63, 3.8) is 0 Å². The second-order valence-corrected chi connectivity index (χ2v) is 6.39. The highest BCUT2D eigenvalue weighted by atomic mass is 16.2. The van der Waals surface area contributed by atoms with Gasteiger partial charge in [0.1, 0.15) is 0 Å². The summed E-state index contributed by atoms with van der Waals surface area (Å²) in [6.07, 6.45) is 8.55. The molecule has 2 heteroatoms. The van der Waals surface area contributed by atoms with Gasteiger partial charge in [0.2, 0.25) is 0 Å². The maximum absolute atomic E-state index is 12.7. The highest BCUT2D eigenvalue weighted by Crippen LogP contribution is 2.30. The number of nitrogens with zero attached hydrogens (tertiary/aromatic N) is 1. The van der Waals surface area contributed by atoms with E-state index >= 15 is 0 Å². The van der Waals surface area contributed by atoms with Crippen LogP contribution in [0.25, 0.3) is 0 Å². The van der Waals surface area contributed by atoms with E-state index in [1.807, 2.05) is 6.07 Å². The average molecular weight is 271 g/mol. The molecule has 0 heterocycles. The molecule has 0 atom stereocenters. The number of carbonyl (C=O) groups is 1. The fourth-order valence-electron chi connectivity index (χ4n) is 3.21. The Labute approximate surface area is 122 Å². The van der Waals surface area contributed by atoms with Crippen molar-refractivity contribution in [3.05, 3.63) is 34.9 Å². The van der Waals surface area contributed by atoms with Gasteiger partial charge in [0.15, 0.2) is 0 Å². The zero-order valence-electron chi connectivity index (χ0n) is 12.5. The minimum Gasteiger partial charge on any atom is -0.338 e. The van der Waals surface area contributed by atoms with Crippen LogP contribution in [-0.2, 0) is 12.8 Å². The lowest BCUT2D eigenvalue weighted by atomic mass is 9.90. The summed E-state index contributed by atoms with van der Waals surface area (Å²) in [6, 6.07) is 6.39. The van der Waals surface area contributed by atoms with Crippen LogP contribution in [0.1, 0.15) is 60.5 Å². The molecule has 2 nitrogen and oxygen atoms in total. The van der Waals surface area contributed by atoms with E-state index in [1.54, 1.807) is 0 Å². The predicted octanol–water partition coefficient (Wildman–Crippen LogP) is 3.83. The number of amides is 1. The normalized spacial score (nSPS) is 17.6. The summed E-state index contributed by atoms with van der Waals surface area (Å²) in [6.45, 7) is 4.01. The third-order valence-electron chi connectivity index (χ3n) is 4.55. The van der Waals surface area contributed by atoms with Gasteiger partial charge in [-0.15, -0.1) is 0 Å². The van der Waals surface area contributed by atoms with Gasteiger partial charge in [-0.1, -0.05) is 13.0 Å². The van der Waals surface area contributed by atoms with Gasteiger partial charge >= 0.3 is 0 Å². The van der Waals surface area contributed by atoms with Gasteiger partial charge in [-0.25, -0.2) is 0 Å². The SMILES string of the molecule is CCCN(CC1CC1)C(=O)c1ccc2c(c1)CCCC2. The average Bonchev–Trinajstić information content (AvgIpc) is 3.29. The highest BCUT2D eigenvalue weighted by Gasteiger charge is 2.27. The molecule has 0 N–H and O–H groups in total. The molecule has 0 aromatic heterocycles. The van der Waals surface area contributed by atoms with Crippen LogP contribution in [0.5, 0.6) is 0 Å². The molecule has 1 aromatic carbocycles. The van der Waals surface area contributed by atoms with Crippen LogP contribution in [0, 0.1) is 5.92 Å². The molecule has 0 unspecified atom stereocenters. The Hall–Kier alpha value is -1.31. The quantitative estimate of drug-likeness (QED) is 0.797. The molecule has 108 valence electrons. The topological polar surface area (TPSA) is 20.3 Å². The van der Waals surface area contributed by atoms with Crippen LogP contribution >= 0.6 is 0 Å². The molecule has 0 spiro atoms. The highest BCUT2D eigenvalue weighted by molar-refractivity contribution is 5.94. The van der Waals surface area contributed by atoms with E-state index in [4.69, 9.17) is 0 Å². The summed E-state index contributed by atoms with van der Waals surface area (Å²) in [5.41, 5.74) is 3.77. The zero-order chi connectivity index (χ0) is 13.9. The van der Waals surface area contributed by atoms with Crippen LogP contribution in [0.4, 0.5) is 0 Å². The number of carbonyl (C=O) groups excluding carboxylic acids is 1. The van der Waals surface area contributed by atoms with Crippen LogP contribution < -0.4 is 0 Å². The van der Waals surface area contributed by atoms with Crippen molar-refractivity contribution in [1.29, 1.82) is 0 Å². The summed E-state index contributed by atoms with van der Waals surface area (Å²) >= 11 is 0. The zero-order valence-corrected chi connectivity index (χ0v) is 12.5. The Kier molecular flexibility index (Phi) is 4.09. The molecular formula is C18H25NO. The minimum absolute atomic E-state index is 0.243. The van der Waals surface area contributed by atoms with Crippen LogP contribution in [0.15, 0.2) is 18.2 Å². The van der Waals surface area contributed by atoms with Crippen molar-refractivity contribution in [2.45, 2.75) is 51.9 Å². The largest absolute Gasteiger partial charge is 0.338 e. The summed E-state index contributed by atoms with van der Waals surface area (Å²) in [7, 11) is 0. The van der Waals surface area contributed by atoms with Crippen molar-refractivity contribution in [2.75, 3.05) is 13.1 Å². The van der Waals surface area contributed by atoms with Gasteiger partial charge in [0, 0.05) is 18.7 Å².